The third-order valence-corrected chi connectivity index (χ3v) is 7.05. The Morgan fingerprint density at radius 1 is 0.900 bits per heavy atom. The fourth-order valence-corrected chi connectivity index (χ4v) is 4.84. The number of pyridine rings is 2. The molecule has 2 N–H and O–H groups in total. The predicted molar refractivity (Wildman–Crippen MR) is 150 cm³/mol. The maximum atomic E-state index is 13.3. The van der Waals surface area contributed by atoms with E-state index in [-0.39, 0.29) is 11.9 Å². The van der Waals surface area contributed by atoms with Gasteiger partial charge >= 0.3 is 0 Å². The van der Waals surface area contributed by atoms with E-state index in [4.69, 9.17) is 4.98 Å². The van der Waals surface area contributed by atoms with E-state index in [2.05, 4.69) is 52.3 Å². The van der Waals surface area contributed by atoms with Crippen LogP contribution in [0.4, 0.5) is 21.8 Å². The number of aromatic amines is 1. The summed E-state index contributed by atoms with van der Waals surface area (Å²) in [7, 11) is 0. The van der Waals surface area contributed by atoms with Crippen molar-refractivity contribution in [3.8, 4) is 17.2 Å². The summed E-state index contributed by atoms with van der Waals surface area (Å²) < 4.78 is 14.7. The van der Waals surface area contributed by atoms with Crippen molar-refractivity contribution in [1.29, 1.82) is 0 Å². The summed E-state index contributed by atoms with van der Waals surface area (Å²) in [6.07, 6.45) is 6.17. The van der Waals surface area contributed by atoms with E-state index in [0.29, 0.717) is 23.3 Å². The maximum absolute atomic E-state index is 13.3. The number of aryl methyl sites for hydroxylation is 2. The smallest absolute Gasteiger partial charge is 0.163 e. The SMILES string of the molecule is Cc1cc(Nc2cc(C)[nH]n2)nc(-c2ccc(N3CCN(C(C)c4ccc(-n5cc(F)cn5)nc4)CC3)nc2)n1. The van der Waals surface area contributed by atoms with Crippen molar-refractivity contribution in [3.05, 3.63) is 84.0 Å². The third kappa shape index (κ3) is 5.52. The number of nitrogens with one attached hydrogen (secondary N) is 2. The van der Waals surface area contributed by atoms with Crippen LogP contribution in [0.2, 0.25) is 0 Å². The van der Waals surface area contributed by atoms with Crippen molar-refractivity contribution in [1.82, 2.24) is 44.8 Å². The maximum Gasteiger partial charge on any atom is 0.163 e. The van der Waals surface area contributed by atoms with Gasteiger partial charge in [0, 0.05) is 73.7 Å². The molecule has 1 saturated heterocycles. The van der Waals surface area contributed by atoms with Crippen molar-refractivity contribution >= 4 is 17.5 Å². The Hall–Kier alpha value is -4.71. The zero-order valence-corrected chi connectivity index (χ0v) is 22.6. The van der Waals surface area contributed by atoms with Gasteiger partial charge in [0.25, 0.3) is 0 Å². The third-order valence-electron chi connectivity index (χ3n) is 7.05. The molecule has 1 aliphatic heterocycles. The average molecular weight is 540 g/mol. The molecular formula is C28H30FN11. The molecule has 0 radical (unpaired) electrons. The quantitative estimate of drug-likeness (QED) is 0.313. The van der Waals surface area contributed by atoms with Gasteiger partial charge in [-0.05, 0) is 44.5 Å². The van der Waals surface area contributed by atoms with Crippen LogP contribution in [-0.2, 0) is 0 Å². The zero-order chi connectivity index (χ0) is 27.6. The summed E-state index contributed by atoms with van der Waals surface area (Å²) >= 11 is 0. The number of hydrogen-bond acceptors (Lipinski definition) is 9. The van der Waals surface area contributed by atoms with Crippen LogP contribution in [0.3, 0.4) is 0 Å². The molecule has 40 heavy (non-hydrogen) atoms. The second kappa shape index (κ2) is 10.8. The van der Waals surface area contributed by atoms with Crippen LogP contribution < -0.4 is 10.2 Å². The molecule has 1 aliphatic rings. The van der Waals surface area contributed by atoms with Crippen LogP contribution in [0, 0.1) is 19.7 Å². The van der Waals surface area contributed by atoms with Gasteiger partial charge < -0.3 is 10.2 Å². The number of halogens is 1. The first kappa shape index (κ1) is 25.6. The molecule has 5 aromatic heterocycles. The lowest BCUT2D eigenvalue weighted by Crippen LogP contribution is -2.47. The van der Waals surface area contributed by atoms with Crippen LogP contribution in [0.15, 0.2) is 61.2 Å². The zero-order valence-electron chi connectivity index (χ0n) is 22.6. The van der Waals surface area contributed by atoms with Crippen molar-refractivity contribution in [2.45, 2.75) is 26.8 Å². The molecule has 0 aromatic carbocycles. The summed E-state index contributed by atoms with van der Waals surface area (Å²) in [6.45, 7) is 9.62. The monoisotopic (exact) mass is 539 g/mol. The fourth-order valence-electron chi connectivity index (χ4n) is 4.84. The number of aromatic nitrogens is 8. The lowest BCUT2D eigenvalue weighted by atomic mass is 10.1. The number of hydrogen-bond donors (Lipinski definition) is 2. The Bertz CT molecular complexity index is 1590. The standard InChI is InChI=1S/C28H30FN11/c1-18-12-24(34-25-13-19(2)36-37-25)35-28(33-18)22-5-6-26(30-15-22)39-10-8-38(9-11-39)20(3)21-4-7-27(31-14-21)40-17-23(29)16-32-40/h4-7,12-17,20H,8-11H2,1-3H3,(H2,33,34,35,36,37). The Balaban J connectivity index is 1.07. The highest BCUT2D eigenvalue weighted by molar-refractivity contribution is 5.61. The molecular weight excluding hydrogens is 509 g/mol. The molecule has 0 bridgehead atoms. The van der Waals surface area contributed by atoms with Gasteiger partial charge in [0.1, 0.15) is 11.6 Å². The first-order valence-electron chi connectivity index (χ1n) is 13.2. The molecule has 1 atom stereocenters. The highest BCUT2D eigenvalue weighted by atomic mass is 19.1. The van der Waals surface area contributed by atoms with Crippen molar-refractivity contribution < 1.29 is 4.39 Å². The van der Waals surface area contributed by atoms with Crippen molar-refractivity contribution in [2.75, 3.05) is 36.4 Å². The van der Waals surface area contributed by atoms with Crippen molar-refractivity contribution in [2.24, 2.45) is 0 Å². The summed E-state index contributed by atoms with van der Waals surface area (Å²) in [5.41, 5.74) is 3.80. The first-order chi connectivity index (χ1) is 19.4. The first-order valence-corrected chi connectivity index (χ1v) is 13.2. The second-order valence-corrected chi connectivity index (χ2v) is 9.94. The molecule has 0 saturated carbocycles. The summed E-state index contributed by atoms with van der Waals surface area (Å²) in [6, 6.07) is 12.0. The fraction of sp³-hybridized carbons (Fsp3) is 0.286. The Morgan fingerprint density at radius 2 is 1.70 bits per heavy atom. The van der Waals surface area contributed by atoms with E-state index in [1.165, 1.54) is 17.1 Å². The molecule has 1 fully saturated rings. The number of rotatable bonds is 7. The minimum absolute atomic E-state index is 0.208. The molecule has 11 nitrogen and oxygen atoms in total. The minimum Gasteiger partial charge on any atom is -0.354 e. The lowest BCUT2D eigenvalue weighted by molar-refractivity contribution is 0.198. The molecule has 5 aromatic rings. The Morgan fingerprint density at radius 3 is 2.35 bits per heavy atom. The Labute approximate surface area is 231 Å². The van der Waals surface area contributed by atoms with E-state index < -0.39 is 0 Å². The molecule has 12 heteroatoms. The molecule has 6 heterocycles. The summed E-state index contributed by atoms with van der Waals surface area (Å²) in [5.74, 6) is 3.16. The molecule has 1 unspecified atom stereocenters. The molecule has 0 aliphatic carbocycles. The Kier molecular flexibility index (Phi) is 6.91. The topological polar surface area (TPSA) is 117 Å². The second-order valence-electron chi connectivity index (χ2n) is 9.94. The van der Waals surface area contributed by atoms with Crippen LogP contribution >= 0.6 is 0 Å². The van der Waals surface area contributed by atoms with Crippen LogP contribution in [0.5, 0.6) is 0 Å². The van der Waals surface area contributed by atoms with Gasteiger partial charge in [-0.3, -0.25) is 10.00 Å². The summed E-state index contributed by atoms with van der Waals surface area (Å²) in [5, 5.41) is 14.3. The molecule has 204 valence electrons. The highest BCUT2D eigenvalue weighted by Crippen LogP contribution is 2.25. The number of nitrogens with zero attached hydrogens (tertiary/aromatic N) is 9. The molecule has 0 spiro atoms. The minimum atomic E-state index is -0.382. The van der Waals surface area contributed by atoms with Gasteiger partial charge in [-0.1, -0.05) is 6.07 Å². The average Bonchev–Trinajstić information content (AvgIpc) is 3.60. The van der Waals surface area contributed by atoms with Crippen molar-refractivity contribution in [3.63, 3.8) is 0 Å². The van der Waals surface area contributed by atoms with E-state index in [9.17, 15) is 4.39 Å². The largest absolute Gasteiger partial charge is 0.354 e. The number of piperazine rings is 1. The van der Waals surface area contributed by atoms with Gasteiger partial charge in [0.15, 0.2) is 23.3 Å². The van der Waals surface area contributed by atoms with Gasteiger partial charge in [0.05, 0.1) is 12.4 Å². The van der Waals surface area contributed by atoms with E-state index in [0.717, 1.165) is 54.5 Å². The highest BCUT2D eigenvalue weighted by Gasteiger charge is 2.23. The summed E-state index contributed by atoms with van der Waals surface area (Å²) in [4.78, 5) is 23.2. The van der Waals surface area contributed by atoms with Gasteiger partial charge in [-0.15, -0.1) is 0 Å². The van der Waals surface area contributed by atoms with Gasteiger partial charge in [-0.2, -0.15) is 10.2 Å². The van der Waals surface area contributed by atoms with Crippen LogP contribution in [0.1, 0.15) is 29.9 Å². The van der Waals surface area contributed by atoms with Gasteiger partial charge in [0.2, 0.25) is 0 Å². The normalized spacial score (nSPS) is 14.8. The molecule has 0 amide bonds. The molecule has 6 rings (SSSR count). The van der Waals surface area contributed by atoms with Crippen LogP contribution in [0.25, 0.3) is 17.2 Å². The van der Waals surface area contributed by atoms with E-state index >= 15 is 0 Å². The van der Waals surface area contributed by atoms with E-state index in [1.807, 2.05) is 62.6 Å². The van der Waals surface area contributed by atoms with Gasteiger partial charge in [-0.25, -0.2) is 29.0 Å². The lowest BCUT2D eigenvalue weighted by Gasteiger charge is -2.38. The number of anilines is 3. The predicted octanol–water partition coefficient (Wildman–Crippen LogP) is 4.23. The van der Waals surface area contributed by atoms with E-state index in [1.54, 1.807) is 0 Å². The van der Waals surface area contributed by atoms with Crippen LogP contribution in [-0.4, -0.2) is 71.0 Å². The number of H-pyrrole nitrogens is 1.